The molecule has 0 atom stereocenters. The summed E-state index contributed by atoms with van der Waals surface area (Å²) in [7, 11) is -3.74. The number of hydrogen-bond acceptors (Lipinski definition) is 4. The molecule has 0 spiro atoms. The van der Waals surface area contributed by atoms with Crippen molar-refractivity contribution in [3.8, 4) is 0 Å². The third kappa shape index (κ3) is 1.98. The molecule has 0 aromatic heterocycles. The standard InChI is InChI=1S/C14H17NO3S2/c1-5-8-15-12-7-6-10(19-4)9-11(12)13(16)14(2,3)20(15,17)18/h5-7,9H,1,8H2,2-4H3. The number of benzene rings is 1. The summed E-state index contributed by atoms with van der Waals surface area (Å²) in [5, 5.41) is 0. The van der Waals surface area contributed by atoms with Crippen molar-refractivity contribution in [3.05, 3.63) is 36.4 Å². The van der Waals surface area contributed by atoms with Crippen LogP contribution in [-0.2, 0) is 10.0 Å². The molecule has 1 aromatic rings. The van der Waals surface area contributed by atoms with Crippen molar-refractivity contribution in [2.45, 2.75) is 23.5 Å². The van der Waals surface area contributed by atoms with Crippen LogP contribution in [0.3, 0.4) is 0 Å². The van der Waals surface area contributed by atoms with Crippen LogP contribution < -0.4 is 4.31 Å². The predicted molar refractivity (Wildman–Crippen MR) is 83.1 cm³/mol. The van der Waals surface area contributed by atoms with Gasteiger partial charge in [-0.3, -0.25) is 9.10 Å². The molecule has 0 aliphatic carbocycles. The number of anilines is 1. The SMILES string of the molecule is C=CCN1c2ccc(SC)cc2C(=O)C(C)(C)S1(=O)=O. The van der Waals surface area contributed by atoms with Crippen molar-refractivity contribution in [2.24, 2.45) is 0 Å². The highest BCUT2D eigenvalue weighted by Crippen LogP contribution is 2.39. The average Bonchev–Trinajstić information content (AvgIpc) is 2.41. The van der Waals surface area contributed by atoms with Crippen molar-refractivity contribution < 1.29 is 13.2 Å². The van der Waals surface area contributed by atoms with E-state index in [2.05, 4.69) is 6.58 Å². The van der Waals surface area contributed by atoms with Crippen LogP contribution in [0.15, 0.2) is 35.7 Å². The molecule has 0 saturated carbocycles. The second-order valence-corrected chi connectivity index (χ2v) is 8.34. The van der Waals surface area contributed by atoms with Gasteiger partial charge in [0.2, 0.25) is 10.0 Å². The molecule has 1 aliphatic rings. The number of carbonyl (C=O) groups excluding carboxylic acids is 1. The van der Waals surface area contributed by atoms with Crippen molar-refractivity contribution in [1.29, 1.82) is 0 Å². The van der Waals surface area contributed by atoms with E-state index >= 15 is 0 Å². The van der Waals surface area contributed by atoms with Crippen LogP contribution in [0.1, 0.15) is 24.2 Å². The minimum absolute atomic E-state index is 0.157. The van der Waals surface area contributed by atoms with Gasteiger partial charge in [-0.15, -0.1) is 18.3 Å². The summed E-state index contributed by atoms with van der Waals surface area (Å²) in [5.41, 5.74) is 0.894. The zero-order chi connectivity index (χ0) is 15.1. The minimum atomic E-state index is -3.74. The second kappa shape index (κ2) is 4.93. The molecule has 0 unspecified atom stereocenters. The smallest absolute Gasteiger partial charge is 0.248 e. The third-order valence-electron chi connectivity index (χ3n) is 3.49. The van der Waals surface area contributed by atoms with Gasteiger partial charge >= 0.3 is 0 Å². The molecule has 0 radical (unpaired) electrons. The van der Waals surface area contributed by atoms with Gasteiger partial charge in [-0.2, -0.15) is 0 Å². The van der Waals surface area contributed by atoms with E-state index in [4.69, 9.17) is 0 Å². The number of Topliss-reactive ketones (excluding diaryl/α,β-unsaturated/α-hetero) is 1. The van der Waals surface area contributed by atoms with E-state index in [0.717, 1.165) is 4.90 Å². The number of hydrogen-bond donors (Lipinski definition) is 0. The molecule has 20 heavy (non-hydrogen) atoms. The Labute approximate surface area is 123 Å². The topological polar surface area (TPSA) is 54.5 Å². The molecule has 4 nitrogen and oxygen atoms in total. The largest absolute Gasteiger partial charge is 0.292 e. The summed E-state index contributed by atoms with van der Waals surface area (Å²) >= 11 is 1.52. The number of carbonyl (C=O) groups is 1. The van der Waals surface area contributed by atoms with Crippen LogP contribution in [0.5, 0.6) is 0 Å². The molecule has 0 fully saturated rings. The summed E-state index contributed by atoms with van der Waals surface area (Å²) in [6.07, 6.45) is 3.44. The molecule has 2 rings (SSSR count). The zero-order valence-electron chi connectivity index (χ0n) is 11.7. The molecule has 0 amide bonds. The lowest BCUT2D eigenvalue weighted by atomic mass is 9.98. The zero-order valence-corrected chi connectivity index (χ0v) is 13.3. The normalized spacial score (nSPS) is 19.6. The quantitative estimate of drug-likeness (QED) is 0.636. The highest BCUT2D eigenvalue weighted by Gasteiger charge is 2.50. The van der Waals surface area contributed by atoms with E-state index in [-0.39, 0.29) is 12.3 Å². The van der Waals surface area contributed by atoms with Crippen LogP contribution in [0.25, 0.3) is 0 Å². The van der Waals surface area contributed by atoms with E-state index in [0.29, 0.717) is 11.3 Å². The molecule has 0 saturated heterocycles. The van der Waals surface area contributed by atoms with Gasteiger partial charge in [0.25, 0.3) is 0 Å². The van der Waals surface area contributed by atoms with Crippen LogP contribution >= 0.6 is 11.8 Å². The van der Waals surface area contributed by atoms with Gasteiger partial charge in [0, 0.05) is 10.5 Å². The molecular formula is C14H17NO3S2. The minimum Gasteiger partial charge on any atom is -0.292 e. The first-order valence-corrected chi connectivity index (χ1v) is 8.80. The Morgan fingerprint density at radius 3 is 2.60 bits per heavy atom. The van der Waals surface area contributed by atoms with E-state index in [9.17, 15) is 13.2 Å². The second-order valence-electron chi connectivity index (χ2n) is 5.05. The fourth-order valence-corrected chi connectivity index (χ4v) is 4.26. The van der Waals surface area contributed by atoms with Crippen molar-refractivity contribution in [2.75, 3.05) is 17.1 Å². The number of sulfonamides is 1. The fraction of sp³-hybridized carbons (Fsp3) is 0.357. The van der Waals surface area contributed by atoms with E-state index in [1.807, 2.05) is 12.3 Å². The first-order chi connectivity index (χ1) is 9.27. The summed E-state index contributed by atoms with van der Waals surface area (Å²) < 4.78 is 25.0. The average molecular weight is 311 g/mol. The van der Waals surface area contributed by atoms with E-state index in [1.165, 1.54) is 36.0 Å². The van der Waals surface area contributed by atoms with Crippen LogP contribution in [-0.4, -0.2) is 31.7 Å². The number of rotatable bonds is 3. The van der Waals surface area contributed by atoms with Gasteiger partial charge in [0.15, 0.2) is 5.78 Å². The molecule has 6 heteroatoms. The first kappa shape index (κ1) is 15.1. The van der Waals surface area contributed by atoms with E-state index in [1.54, 1.807) is 12.1 Å². The number of fused-ring (bicyclic) bond motifs is 1. The Morgan fingerprint density at radius 2 is 2.05 bits per heavy atom. The van der Waals surface area contributed by atoms with Gasteiger partial charge in [0.1, 0.15) is 4.75 Å². The Kier molecular flexibility index (Phi) is 3.73. The van der Waals surface area contributed by atoms with Gasteiger partial charge < -0.3 is 0 Å². The highest BCUT2D eigenvalue weighted by atomic mass is 32.2. The first-order valence-electron chi connectivity index (χ1n) is 6.13. The molecule has 1 aromatic carbocycles. The molecule has 0 N–H and O–H groups in total. The highest BCUT2D eigenvalue weighted by molar-refractivity contribution is 7.98. The monoisotopic (exact) mass is 311 g/mol. The Balaban J connectivity index is 2.76. The third-order valence-corrected chi connectivity index (χ3v) is 6.62. The van der Waals surface area contributed by atoms with Crippen LogP contribution in [0.4, 0.5) is 5.69 Å². The maximum atomic E-state index is 12.6. The Morgan fingerprint density at radius 1 is 1.40 bits per heavy atom. The molecule has 1 aliphatic heterocycles. The van der Waals surface area contributed by atoms with Gasteiger partial charge in [-0.1, -0.05) is 6.08 Å². The van der Waals surface area contributed by atoms with Gasteiger partial charge in [-0.05, 0) is 38.3 Å². The summed E-state index contributed by atoms with van der Waals surface area (Å²) in [6.45, 7) is 6.66. The van der Waals surface area contributed by atoms with E-state index < -0.39 is 14.8 Å². The molecule has 108 valence electrons. The maximum absolute atomic E-state index is 12.6. The fourth-order valence-electron chi connectivity index (χ4n) is 2.20. The van der Waals surface area contributed by atoms with Crippen LogP contribution in [0, 0.1) is 0 Å². The maximum Gasteiger partial charge on any atom is 0.248 e. The summed E-state index contributed by atoms with van der Waals surface area (Å²) in [4.78, 5) is 13.5. The Hall–Kier alpha value is -1.27. The van der Waals surface area contributed by atoms with Crippen molar-refractivity contribution >= 4 is 33.3 Å². The number of nitrogens with zero attached hydrogens (tertiary/aromatic N) is 1. The van der Waals surface area contributed by atoms with Gasteiger partial charge in [-0.25, -0.2) is 8.42 Å². The number of thioether (sulfide) groups is 1. The van der Waals surface area contributed by atoms with Crippen LogP contribution in [0.2, 0.25) is 0 Å². The van der Waals surface area contributed by atoms with Gasteiger partial charge in [0.05, 0.1) is 12.2 Å². The molecule has 0 bridgehead atoms. The predicted octanol–water partition coefficient (Wildman–Crippen LogP) is 2.71. The lowest BCUT2D eigenvalue weighted by Crippen LogP contribution is -2.54. The van der Waals surface area contributed by atoms with Crippen molar-refractivity contribution in [3.63, 3.8) is 0 Å². The molecular weight excluding hydrogens is 294 g/mol. The Bertz CT molecular complexity index is 678. The molecule has 1 heterocycles. The lowest BCUT2D eigenvalue weighted by molar-refractivity contribution is 0.0951. The summed E-state index contributed by atoms with van der Waals surface area (Å²) in [6, 6.07) is 5.27. The number of ketones is 1. The lowest BCUT2D eigenvalue weighted by Gasteiger charge is -2.38. The van der Waals surface area contributed by atoms with Crippen molar-refractivity contribution in [1.82, 2.24) is 0 Å². The summed E-state index contributed by atoms with van der Waals surface area (Å²) in [5.74, 6) is -0.358.